The Morgan fingerprint density at radius 1 is 0.405 bits per heavy atom. The van der Waals surface area contributed by atoms with E-state index < -0.39 is 15.1 Å². The smallest absolute Gasteiger partial charge is 0.171 e. The molecule has 0 aliphatic heterocycles. The van der Waals surface area contributed by atoms with E-state index in [2.05, 4.69) is 97.1 Å². The molecule has 0 radical (unpaired) electrons. The zero-order valence-electron chi connectivity index (χ0n) is 20.3. The molecule has 0 amide bonds. The summed E-state index contributed by atoms with van der Waals surface area (Å²) in [7, 11) is -3.90. The normalized spacial score (nSPS) is 11.6. The number of hydrogen-bond acceptors (Lipinski definition) is 1. The lowest BCUT2D eigenvalue weighted by atomic mass is 10.1. The van der Waals surface area contributed by atoms with Crippen molar-refractivity contribution < 1.29 is 4.57 Å². The highest BCUT2D eigenvalue weighted by molar-refractivity contribution is 7.85. The van der Waals surface area contributed by atoms with Crippen molar-refractivity contribution in [2.75, 3.05) is 0 Å². The van der Waals surface area contributed by atoms with Crippen LogP contribution in [0.4, 0.5) is 0 Å². The molecule has 0 atom stereocenters. The van der Waals surface area contributed by atoms with Crippen molar-refractivity contribution in [3.8, 4) is 0 Å². The van der Waals surface area contributed by atoms with Crippen molar-refractivity contribution in [2.24, 2.45) is 0 Å². The summed E-state index contributed by atoms with van der Waals surface area (Å²) in [6, 6.07) is 54.2. The Morgan fingerprint density at radius 3 is 1.35 bits per heavy atom. The molecule has 0 aliphatic carbocycles. The van der Waals surface area contributed by atoms with Gasteiger partial charge in [-0.15, -0.1) is 0 Å². The van der Waals surface area contributed by atoms with E-state index in [4.69, 9.17) is 0 Å². The topological polar surface area (TPSA) is 17.1 Å². The van der Waals surface area contributed by atoms with E-state index in [1.54, 1.807) is 0 Å². The Morgan fingerprint density at radius 2 is 0.838 bits per heavy atom. The third kappa shape index (κ3) is 4.36. The van der Waals surface area contributed by atoms with Crippen molar-refractivity contribution in [3.05, 3.63) is 158 Å². The van der Waals surface area contributed by atoms with Crippen molar-refractivity contribution in [1.29, 1.82) is 0 Å². The molecule has 0 heterocycles. The summed E-state index contributed by atoms with van der Waals surface area (Å²) in [6.45, 7) is 0. The maximum atomic E-state index is 15.3. The van der Waals surface area contributed by atoms with Gasteiger partial charge < -0.3 is 4.57 Å². The summed E-state index contributed by atoms with van der Waals surface area (Å²) in [5.41, 5.74) is 0. The van der Waals surface area contributed by atoms with Gasteiger partial charge in [0, 0.05) is 15.9 Å². The van der Waals surface area contributed by atoms with E-state index in [1.807, 2.05) is 60.7 Å². The van der Waals surface area contributed by atoms with Gasteiger partial charge in [-0.3, -0.25) is 0 Å². The van der Waals surface area contributed by atoms with Crippen LogP contribution in [0, 0.1) is 0 Å². The van der Waals surface area contributed by atoms with Gasteiger partial charge in [0.25, 0.3) is 0 Å². The molecule has 178 valence electrons. The molecule has 1 nitrogen and oxygen atoms in total. The molecule has 0 saturated carbocycles. The van der Waals surface area contributed by atoms with Crippen LogP contribution in [-0.2, 0) is 4.57 Å². The Kier molecular flexibility index (Phi) is 6.58. The van der Waals surface area contributed by atoms with Crippen LogP contribution < -0.4 is 31.8 Å². The Hall–Kier alpha value is -3.76. The lowest BCUT2D eigenvalue weighted by Crippen LogP contribution is -2.27. The molecular weight excluding hydrogens is 486 g/mol. The van der Waals surface area contributed by atoms with E-state index in [0.29, 0.717) is 0 Å². The number of hydrogen-bond donors (Lipinski definition) is 0. The molecule has 0 N–H and O–H groups in total. The van der Waals surface area contributed by atoms with E-state index >= 15 is 4.57 Å². The maximum Gasteiger partial charge on any atom is 0.171 e. The molecule has 0 bridgehead atoms. The summed E-state index contributed by atoms with van der Waals surface area (Å²) < 4.78 is 15.3. The monoisotopic (exact) mass is 512 g/mol. The molecule has 0 fully saturated rings. The second-order valence-electron chi connectivity index (χ2n) is 8.94. The Labute approximate surface area is 219 Å². The summed E-state index contributed by atoms with van der Waals surface area (Å²) in [4.78, 5) is 0. The van der Waals surface area contributed by atoms with Crippen LogP contribution in [0.5, 0.6) is 0 Å². The third-order valence-corrected chi connectivity index (χ3v) is 12.3. The highest BCUT2D eigenvalue weighted by Crippen LogP contribution is 2.45. The van der Waals surface area contributed by atoms with Crippen LogP contribution in [0.3, 0.4) is 0 Å². The van der Waals surface area contributed by atoms with Gasteiger partial charge in [-0.2, -0.15) is 0 Å². The van der Waals surface area contributed by atoms with Crippen molar-refractivity contribution in [1.82, 2.24) is 0 Å². The van der Waals surface area contributed by atoms with Gasteiger partial charge in [0.1, 0.15) is 0 Å². The third-order valence-electron chi connectivity index (χ3n) is 6.72. The van der Waals surface area contributed by atoms with Gasteiger partial charge in [-0.25, -0.2) is 0 Å². The van der Waals surface area contributed by atoms with Gasteiger partial charge in [0.05, 0.1) is 0 Å². The van der Waals surface area contributed by atoms with Gasteiger partial charge in [-0.1, -0.05) is 158 Å². The minimum absolute atomic E-state index is 0.792. The van der Waals surface area contributed by atoms with Gasteiger partial charge in [-0.05, 0) is 34.6 Å². The summed E-state index contributed by atoms with van der Waals surface area (Å²) >= 11 is 0. The molecule has 0 aromatic heterocycles. The second-order valence-corrected chi connectivity index (χ2v) is 13.9. The van der Waals surface area contributed by atoms with Crippen molar-refractivity contribution in [3.63, 3.8) is 0 Å². The molecule has 37 heavy (non-hydrogen) atoms. The molecule has 6 aromatic carbocycles. The van der Waals surface area contributed by atoms with Crippen LogP contribution in [0.15, 0.2) is 158 Å². The molecule has 6 aromatic rings. The molecule has 0 unspecified atom stereocenters. The molecular formula is C34H26OP2. The van der Waals surface area contributed by atoms with Gasteiger partial charge in [0.2, 0.25) is 0 Å². The molecule has 3 heteroatoms. The summed E-state index contributed by atoms with van der Waals surface area (Å²) in [6.07, 6.45) is 0. The first-order chi connectivity index (χ1) is 18.3. The quantitative estimate of drug-likeness (QED) is 0.242. The lowest BCUT2D eigenvalue weighted by Gasteiger charge is -2.24. The maximum absolute atomic E-state index is 15.3. The fraction of sp³-hybridized carbons (Fsp3) is 0. The molecule has 6 rings (SSSR count). The molecule has 0 spiro atoms. The van der Waals surface area contributed by atoms with Crippen molar-refractivity contribution in [2.45, 2.75) is 0 Å². The highest BCUT2D eigenvalue weighted by Gasteiger charge is 2.31. The van der Waals surface area contributed by atoms with Crippen LogP contribution in [0.2, 0.25) is 0 Å². The van der Waals surface area contributed by atoms with Crippen LogP contribution >= 0.6 is 15.1 Å². The Balaban J connectivity index is 1.64. The van der Waals surface area contributed by atoms with Crippen LogP contribution in [-0.4, -0.2) is 0 Å². The number of benzene rings is 6. The lowest BCUT2D eigenvalue weighted by molar-refractivity contribution is 0.592. The average Bonchev–Trinajstić information content (AvgIpc) is 2.99. The largest absolute Gasteiger partial charge is 0.309 e. The van der Waals surface area contributed by atoms with Gasteiger partial charge in [0.15, 0.2) is 7.14 Å². The minimum Gasteiger partial charge on any atom is -0.309 e. The zero-order valence-corrected chi connectivity index (χ0v) is 22.1. The molecule has 0 saturated heterocycles. The fourth-order valence-electron chi connectivity index (χ4n) is 5.03. The first-order valence-corrected chi connectivity index (χ1v) is 15.5. The predicted molar refractivity (Wildman–Crippen MR) is 162 cm³/mol. The minimum atomic E-state index is -3.11. The second kappa shape index (κ2) is 10.3. The summed E-state index contributed by atoms with van der Waals surface area (Å²) in [5.74, 6) is 0. The highest BCUT2D eigenvalue weighted by atomic mass is 31.2. The van der Waals surface area contributed by atoms with E-state index in [-0.39, 0.29) is 0 Å². The first kappa shape index (κ1) is 23.6. The zero-order chi connectivity index (χ0) is 25.1. The van der Waals surface area contributed by atoms with E-state index in [1.165, 1.54) is 15.9 Å². The van der Waals surface area contributed by atoms with Crippen LogP contribution in [0.25, 0.3) is 10.8 Å². The SMILES string of the molecule is O=P(c1ccccc1)(c1ccccc1)c1cccc2c(P(c3ccccc3)c3ccccc3)cccc12. The molecule has 0 aliphatic rings. The average molecular weight is 513 g/mol. The van der Waals surface area contributed by atoms with Gasteiger partial charge >= 0.3 is 0 Å². The first-order valence-electron chi connectivity index (χ1n) is 12.4. The fourth-order valence-corrected chi connectivity index (χ4v) is 10.4. The van der Waals surface area contributed by atoms with Crippen LogP contribution in [0.1, 0.15) is 0 Å². The van der Waals surface area contributed by atoms with E-state index in [0.717, 1.165) is 26.7 Å². The van der Waals surface area contributed by atoms with Crippen molar-refractivity contribution >= 4 is 57.7 Å². The standard InChI is InChI=1S/C34H26OP2/c35-37(29-19-9-3-10-20-29,30-21-11-4-12-22-30)34-26-14-23-31-32(34)24-13-25-33(31)36(27-15-5-1-6-16-27)28-17-7-2-8-18-28/h1-26H. The predicted octanol–water partition coefficient (Wildman–Crippen LogP) is 6.24. The Bertz CT molecular complexity index is 1600. The summed E-state index contributed by atoms with van der Waals surface area (Å²) in [5, 5.41) is 8.69. The van der Waals surface area contributed by atoms with E-state index in [9.17, 15) is 0 Å². The number of fused-ring (bicyclic) bond motifs is 1. The number of rotatable bonds is 6.